The molecule has 37 heavy (non-hydrogen) atoms. The van der Waals surface area contributed by atoms with E-state index in [1.807, 2.05) is 24.3 Å². The molecule has 0 N–H and O–H groups in total. The van der Waals surface area contributed by atoms with Gasteiger partial charge in [0.2, 0.25) is 15.9 Å². The predicted octanol–water partition coefficient (Wildman–Crippen LogP) is 5.20. The number of amides is 1. The Balaban J connectivity index is 1.51. The van der Waals surface area contributed by atoms with Crippen LogP contribution >= 0.6 is 34.8 Å². The average Bonchev–Trinajstić information content (AvgIpc) is 2.90. The fraction of sp³-hybridized carbons (Fsp3) is 0.269. The first-order chi connectivity index (χ1) is 17.7. The number of carbonyl (C=O) groups excluding carboxylic acids is 1. The third-order valence-electron chi connectivity index (χ3n) is 6.23. The van der Waals surface area contributed by atoms with Crippen molar-refractivity contribution < 1.29 is 17.9 Å². The Morgan fingerprint density at radius 3 is 2.05 bits per heavy atom. The lowest BCUT2D eigenvalue weighted by Gasteiger charge is -2.37. The largest absolute Gasteiger partial charge is 0.497 e. The molecule has 7 nitrogen and oxygen atoms in total. The Morgan fingerprint density at radius 1 is 0.892 bits per heavy atom. The van der Waals surface area contributed by atoms with E-state index in [1.54, 1.807) is 30.2 Å². The molecule has 1 fully saturated rings. The number of rotatable bonds is 8. The topological polar surface area (TPSA) is 70.2 Å². The summed E-state index contributed by atoms with van der Waals surface area (Å²) in [5.74, 6) is 0.480. The molecule has 0 unspecified atom stereocenters. The van der Waals surface area contributed by atoms with Crippen LogP contribution < -0.4 is 9.64 Å². The number of sulfonamides is 1. The molecule has 4 rings (SSSR count). The molecule has 1 amide bonds. The molecular formula is C26H26Cl3N3O4S. The molecule has 0 aliphatic carbocycles. The third kappa shape index (κ3) is 6.51. The van der Waals surface area contributed by atoms with Crippen molar-refractivity contribution in [2.45, 2.75) is 11.4 Å². The fourth-order valence-corrected chi connectivity index (χ4v) is 6.10. The number of benzene rings is 3. The summed E-state index contributed by atoms with van der Waals surface area (Å²) >= 11 is 18.6. The lowest BCUT2D eigenvalue weighted by molar-refractivity contribution is -0.131. The monoisotopic (exact) mass is 581 g/mol. The molecule has 1 saturated heterocycles. The first-order valence-electron chi connectivity index (χ1n) is 11.5. The summed E-state index contributed by atoms with van der Waals surface area (Å²) in [5.41, 5.74) is 1.47. The van der Waals surface area contributed by atoms with Gasteiger partial charge in [-0.15, -0.1) is 0 Å². The molecule has 0 saturated carbocycles. The van der Waals surface area contributed by atoms with Gasteiger partial charge < -0.3 is 14.5 Å². The van der Waals surface area contributed by atoms with Crippen molar-refractivity contribution in [2.24, 2.45) is 0 Å². The van der Waals surface area contributed by atoms with Gasteiger partial charge >= 0.3 is 0 Å². The first-order valence-corrected chi connectivity index (χ1v) is 14.1. The van der Waals surface area contributed by atoms with Crippen LogP contribution in [-0.4, -0.2) is 63.4 Å². The molecule has 0 bridgehead atoms. The van der Waals surface area contributed by atoms with Crippen molar-refractivity contribution >= 4 is 56.4 Å². The van der Waals surface area contributed by atoms with Gasteiger partial charge in [0, 0.05) is 59.0 Å². The highest BCUT2D eigenvalue weighted by Crippen LogP contribution is 2.29. The zero-order valence-electron chi connectivity index (χ0n) is 20.1. The van der Waals surface area contributed by atoms with Gasteiger partial charge in [0.1, 0.15) is 5.75 Å². The van der Waals surface area contributed by atoms with Crippen LogP contribution in [0.1, 0.15) is 5.56 Å². The van der Waals surface area contributed by atoms with E-state index in [9.17, 15) is 13.2 Å². The highest BCUT2D eigenvalue weighted by Gasteiger charge is 2.31. The minimum Gasteiger partial charge on any atom is -0.497 e. The molecule has 0 atom stereocenters. The smallest absolute Gasteiger partial charge is 0.243 e. The van der Waals surface area contributed by atoms with E-state index >= 15 is 0 Å². The summed E-state index contributed by atoms with van der Waals surface area (Å²) in [7, 11) is -2.44. The number of methoxy groups -OCH3 is 1. The molecule has 3 aromatic carbocycles. The molecule has 196 valence electrons. The lowest BCUT2D eigenvalue weighted by Crippen LogP contribution is -2.51. The van der Waals surface area contributed by atoms with Crippen LogP contribution in [0.2, 0.25) is 15.1 Å². The van der Waals surface area contributed by atoms with Crippen LogP contribution in [0.4, 0.5) is 5.69 Å². The number of nitrogens with zero attached hydrogens (tertiary/aromatic N) is 3. The molecule has 1 heterocycles. The van der Waals surface area contributed by atoms with Crippen LogP contribution in [0.3, 0.4) is 0 Å². The van der Waals surface area contributed by atoms with Crippen LogP contribution in [0, 0.1) is 0 Å². The van der Waals surface area contributed by atoms with Crippen LogP contribution in [0.5, 0.6) is 5.75 Å². The van der Waals surface area contributed by atoms with Crippen molar-refractivity contribution in [3.63, 3.8) is 0 Å². The number of halogens is 3. The van der Waals surface area contributed by atoms with Gasteiger partial charge in [-0.05, 0) is 60.7 Å². The highest BCUT2D eigenvalue weighted by atomic mass is 35.5. The minimum atomic E-state index is -4.06. The maximum Gasteiger partial charge on any atom is 0.243 e. The quantitative estimate of drug-likeness (QED) is 0.365. The van der Waals surface area contributed by atoms with Gasteiger partial charge in [-0.1, -0.05) is 40.9 Å². The average molecular weight is 583 g/mol. The molecule has 1 aliphatic heterocycles. The summed E-state index contributed by atoms with van der Waals surface area (Å²) in [4.78, 5) is 17.2. The molecule has 3 aromatic rings. The highest BCUT2D eigenvalue weighted by molar-refractivity contribution is 7.89. The van der Waals surface area contributed by atoms with Crippen LogP contribution in [0.25, 0.3) is 0 Å². The van der Waals surface area contributed by atoms with E-state index < -0.39 is 10.0 Å². The van der Waals surface area contributed by atoms with E-state index in [-0.39, 0.29) is 23.9 Å². The predicted molar refractivity (Wildman–Crippen MR) is 147 cm³/mol. The van der Waals surface area contributed by atoms with E-state index in [4.69, 9.17) is 39.5 Å². The van der Waals surface area contributed by atoms with Gasteiger partial charge in [0.25, 0.3) is 0 Å². The van der Waals surface area contributed by atoms with Crippen molar-refractivity contribution in [3.8, 4) is 5.75 Å². The Hall–Kier alpha value is -2.49. The number of carbonyl (C=O) groups is 1. The maximum absolute atomic E-state index is 13.6. The molecule has 0 radical (unpaired) electrons. The van der Waals surface area contributed by atoms with Crippen LogP contribution in [0.15, 0.2) is 71.6 Å². The lowest BCUT2D eigenvalue weighted by atomic mass is 10.2. The number of anilines is 1. The second-order valence-corrected chi connectivity index (χ2v) is 11.7. The van der Waals surface area contributed by atoms with Gasteiger partial charge in [0.15, 0.2) is 0 Å². The number of piperazine rings is 1. The third-order valence-corrected chi connectivity index (χ3v) is 9.00. The Morgan fingerprint density at radius 2 is 1.49 bits per heavy atom. The minimum absolute atomic E-state index is 0.0252. The Bertz CT molecular complexity index is 1320. The van der Waals surface area contributed by atoms with Crippen LogP contribution in [-0.2, 0) is 21.4 Å². The Labute approximate surface area is 232 Å². The van der Waals surface area contributed by atoms with Gasteiger partial charge in [0.05, 0.1) is 18.6 Å². The zero-order chi connectivity index (χ0) is 26.6. The number of hydrogen-bond donors (Lipinski definition) is 0. The second kappa shape index (κ2) is 11.9. The molecular weight excluding hydrogens is 557 g/mol. The number of ether oxygens (including phenoxy) is 1. The summed E-state index contributed by atoms with van der Waals surface area (Å²) < 4.78 is 33.5. The van der Waals surface area contributed by atoms with Gasteiger partial charge in [-0.25, -0.2) is 8.42 Å². The van der Waals surface area contributed by atoms with Crippen molar-refractivity contribution in [2.75, 3.05) is 44.7 Å². The van der Waals surface area contributed by atoms with Crippen molar-refractivity contribution in [3.05, 3.63) is 87.4 Å². The Kier molecular flexibility index (Phi) is 8.87. The van der Waals surface area contributed by atoms with Gasteiger partial charge in [-0.2, -0.15) is 4.31 Å². The second-order valence-electron chi connectivity index (χ2n) is 8.49. The van der Waals surface area contributed by atoms with Gasteiger partial charge in [-0.3, -0.25) is 4.79 Å². The van der Waals surface area contributed by atoms with Crippen molar-refractivity contribution in [1.82, 2.24) is 9.21 Å². The molecule has 0 spiro atoms. The van der Waals surface area contributed by atoms with E-state index in [1.165, 1.54) is 24.3 Å². The van der Waals surface area contributed by atoms with E-state index in [0.29, 0.717) is 46.8 Å². The fourth-order valence-electron chi connectivity index (χ4n) is 4.10. The van der Waals surface area contributed by atoms with E-state index in [0.717, 1.165) is 15.7 Å². The van der Waals surface area contributed by atoms with E-state index in [2.05, 4.69) is 4.90 Å². The summed E-state index contributed by atoms with van der Waals surface area (Å²) in [5, 5.41) is 1.05. The van der Waals surface area contributed by atoms with Crippen molar-refractivity contribution in [1.29, 1.82) is 0 Å². The normalized spacial score (nSPS) is 14.2. The molecule has 11 heteroatoms. The zero-order valence-corrected chi connectivity index (χ0v) is 23.2. The number of hydrogen-bond acceptors (Lipinski definition) is 5. The summed E-state index contributed by atoms with van der Waals surface area (Å²) in [6, 6.07) is 18.5. The SMILES string of the molecule is COc1ccc(N2CCN(C(=O)CN(Cc3c(Cl)cccc3Cl)S(=O)(=O)c3ccc(Cl)cc3)CC2)cc1. The summed E-state index contributed by atoms with van der Waals surface area (Å²) in [6.07, 6.45) is 0. The first kappa shape index (κ1) is 27.5. The summed E-state index contributed by atoms with van der Waals surface area (Å²) in [6.45, 7) is 1.67. The molecule has 0 aromatic heterocycles. The standard InChI is InChI=1S/C26H26Cl3N3O4S/c1-36-21-9-7-20(8-10-21)30-13-15-31(16-14-30)26(33)18-32(17-23-24(28)3-2-4-25(23)29)37(34,35)22-11-5-19(27)6-12-22/h2-12H,13-18H2,1H3. The molecule has 1 aliphatic rings. The maximum atomic E-state index is 13.6.